The summed E-state index contributed by atoms with van der Waals surface area (Å²) in [7, 11) is 10.1. The lowest BCUT2D eigenvalue weighted by atomic mass is 10.0. The fourth-order valence-electron chi connectivity index (χ4n) is 5.99. The van der Waals surface area contributed by atoms with E-state index in [1.807, 2.05) is 52.0 Å². The molecule has 6 fully saturated rings. The van der Waals surface area contributed by atoms with E-state index in [2.05, 4.69) is 0 Å². The van der Waals surface area contributed by atoms with Gasteiger partial charge in [-0.05, 0) is 36.8 Å². The molecule has 0 aromatic heterocycles. The summed E-state index contributed by atoms with van der Waals surface area (Å²) in [4.78, 5) is 54.7. The van der Waals surface area contributed by atoms with Gasteiger partial charge in [-0.25, -0.2) is 0 Å². The lowest BCUT2D eigenvalue weighted by molar-refractivity contribution is -0.163. The molecule has 7 rings (SSSR count). The van der Waals surface area contributed by atoms with Crippen molar-refractivity contribution in [3.05, 3.63) is 35.4 Å². The fourth-order valence-corrected chi connectivity index (χ4v) is 13.7. The van der Waals surface area contributed by atoms with Gasteiger partial charge < -0.3 is 24.7 Å². The number of piperazine rings is 2. The predicted octanol–water partition coefficient (Wildman–Crippen LogP) is 4.32. The van der Waals surface area contributed by atoms with Crippen molar-refractivity contribution < 1.29 is 24.3 Å². The Morgan fingerprint density at radius 1 is 0.610 bits per heavy atom. The number of hydrogen-bond donors (Lipinski definition) is 1. The molecule has 4 bridgehead atoms. The van der Waals surface area contributed by atoms with E-state index >= 15 is 0 Å². The molecule has 9 nitrogen and oxygen atoms in total. The van der Waals surface area contributed by atoms with Gasteiger partial charge in [0.05, 0.1) is 11.2 Å². The Kier molecular flexibility index (Phi) is 9.09. The van der Waals surface area contributed by atoms with Crippen molar-refractivity contribution >= 4 is 68.7 Å². The van der Waals surface area contributed by atoms with Gasteiger partial charge in [0.2, 0.25) is 0 Å². The monoisotopic (exact) mass is 640 g/mol. The third-order valence-electron chi connectivity index (χ3n) is 9.00. The largest absolute Gasteiger partial charge is 0.392 e. The van der Waals surface area contributed by atoms with Crippen molar-refractivity contribution in [2.75, 3.05) is 28.2 Å². The second-order valence-corrected chi connectivity index (χ2v) is 16.4. The van der Waals surface area contributed by atoms with Crippen LogP contribution in [0.5, 0.6) is 0 Å². The Morgan fingerprint density at radius 2 is 0.927 bits per heavy atom. The van der Waals surface area contributed by atoms with Crippen molar-refractivity contribution in [2.45, 2.75) is 84.1 Å². The van der Waals surface area contributed by atoms with Crippen LogP contribution in [0.15, 0.2) is 24.3 Å². The molecule has 41 heavy (non-hydrogen) atoms. The van der Waals surface area contributed by atoms with Gasteiger partial charge in [-0.3, -0.25) is 19.2 Å². The number of amides is 4. The first kappa shape index (κ1) is 32.4. The Balaban J connectivity index is 0.000000208. The minimum atomic E-state index is -0.867. The number of likely N-dealkylation sites (N-methyl/N-ethyl adjacent to an activating group) is 4. The number of carbonyl (C=O) groups is 4. The zero-order chi connectivity index (χ0) is 30.5. The van der Waals surface area contributed by atoms with Crippen molar-refractivity contribution in [3.8, 4) is 0 Å². The smallest absolute Gasteiger partial charge is 0.261 e. The Labute approximate surface area is 259 Å². The topological polar surface area (TPSA) is 101 Å². The van der Waals surface area contributed by atoms with E-state index in [4.69, 9.17) is 0 Å². The molecule has 6 heterocycles. The molecule has 6 aliphatic rings. The second-order valence-electron chi connectivity index (χ2n) is 10.6. The first-order valence-electron chi connectivity index (χ1n) is 13.9. The number of thioether (sulfide) groups is 2. The van der Waals surface area contributed by atoms with E-state index < -0.39 is 19.5 Å². The summed E-state index contributed by atoms with van der Waals surface area (Å²) >= 11 is 3.12. The third kappa shape index (κ3) is 4.43. The molecule has 6 aliphatic heterocycles. The summed E-state index contributed by atoms with van der Waals surface area (Å²) in [5.74, 6) is 0.127. The highest BCUT2D eigenvalue weighted by molar-refractivity contribution is 8.78. The fraction of sp³-hybridized carbons (Fsp3) is 0.643. The van der Waals surface area contributed by atoms with Crippen LogP contribution in [0.4, 0.5) is 0 Å². The first-order valence-corrected chi connectivity index (χ1v) is 17.8. The van der Waals surface area contributed by atoms with E-state index in [0.717, 1.165) is 11.1 Å². The van der Waals surface area contributed by atoms with E-state index in [0.29, 0.717) is 25.7 Å². The van der Waals surface area contributed by atoms with Gasteiger partial charge in [-0.15, -0.1) is 23.5 Å². The molecule has 0 aliphatic carbocycles. The summed E-state index contributed by atoms with van der Waals surface area (Å²) in [5, 5.41) is 9.26. The van der Waals surface area contributed by atoms with Gasteiger partial charge >= 0.3 is 0 Å². The van der Waals surface area contributed by atoms with Crippen LogP contribution in [-0.2, 0) is 25.8 Å². The predicted molar refractivity (Wildman–Crippen MR) is 169 cm³/mol. The maximum atomic E-state index is 13.2. The van der Waals surface area contributed by atoms with Gasteiger partial charge in [0.15, 0.2) is 19.5 Å². The van der Waals surface area contributed by atoms with Crippen LogP contribution < -0.4 is 0 Å². The average Bonchev–Trinajstić information content (AvgIpc) is 3.17. The molecule has 0 unspecified atom stereocenters. The highest BCUT2D eigenvalue weighted by Gasteiger charge is 2.66. The third-order valence-corrected chi connectivity index (χ3v) is 16.8. The molecule has 6 saturated heterocycles. The molecule has 1 aromatic carbocycles. The summed E-state index contributed by atoms with van der Waals surface area (Å²) in [6, 6.07) is 7.78. The highest BCUT2D eigenvalue weighted by Crippen LogP contribution is 2.62. The number of nitrogens with zero attached hydrogens (tertiary/aromatic N) is 4. The number of fused-ring (bicyclic) bond motifs is 7. The number of aliphatic hydroxyl groups excluding tert-OH is 1. The van der Waals surface area contributed by atoms with Gasteiger partial charge in [0.25, 0.3) is 23.6 Å². The number of hydrogen-bond acceptors (Lipinski definition) is 9. The van der Waals surface area contributed by atoms with Crippen LogP contribution in [0.2, 0.25) is 0 Å². The highest BCUT2D eigenvalue weighted by atomic mass is 33.1. The Morgan fingerprint density at radius 3 is 1.24 bits per heavy atom. The second kappa shape index (κ2) is 11.5. The van der Waals surface area contributed by atoms with Crippen molar-refractivity contribution in [1.82, 2.24) is 19.6 Å². The average molecular weight is 641 g/mol. The molecule has 226 valence electrons. The van der Waals surface area contributed by atoms with Crippen molar-refractivity contribution in [2.24, 2.45) is 0 Å². The zero-order valence-corrected chi connectivity index (χ0v) is 28.2. The van der Waals surface area contributed by atoms with E-state index in [-0.39, 0.29) is 34.8 Å². The van der Waals surface area contributed by atoms with Gasteiger partial charge in [0.1, 0.15) is 0 Å². The molecule has 0 radical (unpaired) electrons. The molecule has 0 spiro atoms. The maximum absolute atomic E-state index is 13.2. The van der Waals surface area contributed by atoms with Crippen molar-refractivity contribution in [3.63, 3.8) is 0 Å². The van der Waals surface area contributed by atoms with E-state index in [9.17, 15) is 24.3 Å². The van der Waals surface area contributed by atoms with Crippen LogP contribution in [0, 0.1) is 0 Å². The van der Waals surface area contributed by atoms with Crippen molar-refractivity contribution in [1.29, 1.82) is 0 Å². The molecule has 4 atom stereocenters. The van der Waals surface area contributed by atoms with Gasteiger partial charge in [-0.2, -0.15) is 0 Å². The number of carbonyl (C=O) groups excluding carboxylic acids is 4. The molecule has 13 heteroatoms. The van der Waals surface area contributed by atoms with Crippen LogP contribution in [0.25, 0.3) is 0 Å². The first-order chi connectivity index (χ1) is 19.3. The molecular weight excluding hydrogens is 601 g/mol. The molecule has 4 amide bonds. The molecular formula is C28H40N4O5S4. The number of aliphatic hydroxyl groups is 1. The van der Waals surface area contributed by atoms with Gasteiger partial charge in [0, 0.05) is 28.2 Å². The van der Waals surface area contributed by atoms with E-state index in [1.54, 1.807) is 71.3 Å². The molecule has 1 aromatic rings. The lowest BCUT2D eigenvalue weighted by Crippen LogP contribution is -2.75. The minimum Gasteiger partial charge on any atom is -0.392 e. The maximum Gasteiger partial charge on any atom is 0.261 e. The van der Waals surface area contributed by atoms with Crippen LogP contribution in [0.3, 0.4) is 0 Å². The summed E-state index contributed by atoms with van der Waals surface area (Å²) in [6.07, 6.45) is 2.43. The molecule has 1 N–H and O–H groups in total. The van der Waals surface area contributed by atoms with Gasteiger partial charge in [-0.1, -0.05) is 73.5 Å². The minimum absolute atomic E-state index is 0.00543. The number of benzene rings is 1. The van der Waals surface area contributed by atoms with E-state index in [1.165, 1.54) is 21.6 Å². The summed E-state index contributed by atoms with van der Waals surface area (Å²) < 4.78 is -0.0320. The normalized spacial score (nSPS) is 34.7. The van der Waals surface area contributed by atoms with Crippen LogP contribution >= 0.6 is 45.1 Å². The lowest BCUT2D eigenvalue weighted by Gasteiger charge is -2.58. The quantitative estimate of drug-likeness (QED) is 0.456. The Hall–Kier alpha value is -1.54. The summed E-state index contributed by atoms with van der Waals surface area (Å²) in [5.41, 5.74) is 1.92. The standard InChI is InChI=1S/C18H24N2O3S2.C10H16N2O2S2/c1-5-17-15(22)20(4)18(6-2,16(23)19(17)3)25-14(24-17)13-9-7-12(11-21)8-10-13;1-5-9-7(13)12(4)10(6-2,16-15-9)8(14)11(9)3/h7-10,14,21H,5-6,11H2,1-4H3;5-6H2,1-4H3/t17-,18-;9-,10-/m00/s1. The number of rotatable bonds is 6. The Bertz CT molecular complexity index is 1170. The summed E-state index contributed by atoms with van der Waals surface area (Å²) in [6.45, 7) is 7.83. The zero-order valence-electron chi connectivity index (χ0n) is 24.9. The van der Waals surface area contributed by atoms with Crippen LogP contribution in [-0.4, -0.2) is 96.0 Å². The molecule has 0 saturated carbocycles. The van der Waals surface area contributed by atoms with Crippen LogP contribution in [0.1, 0.15) is 69.1 Å². The SMILES string of the molecule is CC[C@@]12SC(c3ccc(CO)cc3)S[C@@](CC)(C(=O)N1C)N(C)C2=O.CC[C@@]12SS[C@@](CC)(C(=O)N1C)N(C)C2=O.